The second-order valence-electron chi connectivity index (χ2n) is 4.51. The zero-order chi connectivity index (χ0) is 12.4. The summed E-state index contributed by atoms with van der Waals surface area (Å²) in [5, 5.41) is 8.05. The number of nitrogens with zero attached hydrogens (tertiary/aromatic N) is 2. The first-order chi connectivity index (χ1) is 8.83. The second kappa shape index (κ2) is 5.08. The van der Waals surface area contributed by atoms with Crippen LogP contribution in [0.25, 0.3) is 11.4 Å². The van der Waals surface area contributed by atoms with Gasteiger partial charge in [-0.25, -0.2) is 0 Å². The average molecular weight is 264 g/mol. The van der Waals surface area contributed by atoms with Gasteiger partial charge < -0.3 is 9.84 Å². The van der Waals surface area contributed by atoms with Crippen molar-refractivity contribution in [1.29, 1.82) is 0 Å². The number of rotatable bonds is 2. The molecule has 1 fully saturated rings. The molecule has 1 aliphatic rings. The quantitative estimate of drug-likeness (QED) is 0.905. The van der Waals surface area contributed by atoms with Crippen LogP contribution in [-0.2, 0) is 0 Å². The third-order valence-electron chi connectivity index (χ3n) is 3.17. The van der Waals surface area contributed by atoms with Gasteiger partial charge in [0.2, 0.25) is 11.7 Å². The summed E-state index contributed by atoms with van der Waals surface area (Å²) < 4.78 is 5.35. The molecule has 1 aromatic heterocycles. The van der Waals surface area contributed by atoms with Crippen molar-refractivity contribution < 1.29 is 4.52 Å². The van der Waals surface area contributed by atoms with Gasteiger partial charge in [-0.2, -0.15) is 4.98 Å². The van der Waals surface area contributed by atoms with Crippen LogP contribution in [0.5, 0.6) is 0 Å². The van der Waals surface area contributed by atoms with Gasteiger partial charge in [0.15, 0.2) is 0 Å². The Morgan fingerprint density at radius 3 is 3.11 bits per heavy atom. The lowest BCUT2D eigenvalue weighted by Crippen LogP contribution is -2.28. The summed E-state index contributed by atoms with van der Waals surface area (Å²) in [4.78, 5) is 4.47. The molecule has 94 valence electrons. The monoisotopic (exact) mass is 263 g/mol. The van der Waals surface area contributed by atoms with Crippen LogP contribution in [0.2, 0.25) is 5.02 Å². The highest BCUT2D eigenvalue weighted by Gasteiger charge is 2.21. The fourth-order valence-electron chi connectivity index (χ4n) is 2.21. The van der Waals surface area contributed by atoms with Crippen molar-refractivity contribution in [3.05, 3.63) is 35.2 Å². The van der Waals surface area contributed by atoms with Gasteiger partial charge in [0.25, 0.3) is 0 Å². The first-order valence-electron chi connectivity index (χ1n) is 6.13. The summed E-state index contributed by atoms with van der Waals surface area (Å²) in [6, 6.07) is 7.49. The Labute approximate surface area is 110 Å². The minimum absolute atomic E-state index is 0.333. The van der Waals surface area contributed by atoms with E-state index in [1.165, 1.54) is 0 Å². The molecule has 0 amide bonds. The minimum Gasteiger partial charge on any atom is -0.339 e. The predicted octanol–water partition coefficient (Wildman–Crippen LogP) is 2.86. The molecule has 0 bridgehead atoms. The number of benzene rings is 1. The summed E-state index contributed by atoms with van der Waals surface area (Å²) in [7, 11) is 0. The van der Waals surface area contributed by atoms with Gasteiger partial charge >= 0.3 is 0 Å². The second-order valence-corrected chi connectivity index (χ2v) is 4.95. The van der Waals surface area contributed by atoms with Crippen molar-refractivity contribution in [3.8, 4) is 11.4 Å². The molecule has 1 N–H and O–H groups in total. The van der Waals surface area contributed by atoms with Crippen LogP contribution in [0.3, 0.4) is 0 Å². The van der Waals surface area contributed by atoms with Crippen molar-refractivity contribution in [1.82, 2.24) is 15.5 Å². The SMILES string of the molecule is Clc1cccc(-c2noc([C@H]3CCCNC3)n2)c1. The highest BCUT2D eigenvalue weighted by molar-refractivity contribution is 6.30. The van der Waals surface area contributed by atoms with Crippen molar-refractivity contribution in [2.75, 3.05) is 13.1 Å². The third kappa shape index (κ3) is 2.40. The van der Waals surface area contributed by atoms with E-state index in [-0.39, 0.29) is 0 Å². The lowest BCUT2D eigenvalue weighted by molar-refractivity contribution is 0.322. The minimum atomic E-state index is 0.333. The normalized spacial score (nSPS) is 19.9. The highest BCUT2D eigenvalue weighted by atomic mass is 35.5. The summed E-state index contributed by atoms with van der Waals surface area (Å²) in [5.74, 6) is 1.66. The average Bonchev–Trinajstić information content (AvgIpc) is 2.89. The summed E-state index contributed by atoms with van der Waals surface area (Å²) in [5.41, 5.74) is 0.890. The summed E-state index contributed by atoms with van der Waals surface area (Å²) in [6.07, 6.45) is 2.25. The van der Waals surface area contributed by atoms with Crippen LogP contribution < -0.4 is 5.32 Å². The zero-order valence-electron chi connectivity index (χ0n) is 9.90. The molecule has 2 heterocycles. The van der Waals surface area contributed by atoms with Crippen molar-refractivity contribution in [3.63, 3.8) is 0 Å². The molecule has 0 saturated carbocycles. The fourth-order valence-corrected chi connectivity index (χ4v) is 2.40. The fraction of sp³-hybridized carbons (Fsp3) is 0.385. The van der Waals surface area contributed by atoms with Crippen LogP contribution in [-0.4, -0.2) is 23.2 Å². The number of hydrogen-bond acceptors (Lipinski definition) is 4. The summed E-state index contributed by atoms with van der Waals surface area (Å²) in [6.45, 7) is 1.99. The van der Waals surface area contributed by atoms with Crippen LogP contribution >= 0.6 is 11.6 Å². The first-order valence-corrected chi connectivity index (χ1v) is 6.51. The largest absolute Gasteiger partial charge is 0.339 e. The Hall–Kier alpha value is -1.39. The maximum absolute atomic E-state index is 5.95. The first kappa shape index (κ1) is 11.7. The predicted molar refractivity (Wildman–Crippen MR) is 69.6 cm³/mol. The zero-order valence-corrected chi connectivity index (χ0v) is 10.7. The van der Waals surface area contributed by atoms with Gasteiger partial charge in [-0.05, 0) is 31.5 Å². The van der Waals surface area contributed by atoms with Gasteiger partial charge in [0, 0.05) is 17.1 Å². The molecule has 1 saturated heterocycles. The van der Waals surface area contributed by atoms with E-state index in [1.807, 2.05) is 24.3 Å². The molecule has 0 spiro atoms. The molecule has 1 atom stereocenters. The Kier molecular flexibility index (Phi) is 3.30. The van der Waals surface area contributed by atoms with Crippen LogP contribution in [0.4, 0.5) is 0 Å². The van der Waals surface area contributed by atoms with Gasteiger partial charge in [0.05, 0.1) is 5.92 Å². The number of aromatic nitrogens is 2. The molecular formula is C13H14ClN3O. The molecule has 4 nitrogen and oxygen atoms in total. The standard InChI is InChI=1S/C13H14ClN3O/c14-11-5-1-3-9(7-11)12-16-13(18-17-12)10-4-2-6-15-8-10/h1,3,5,7,10,15H,2,4,6,8H2/t10-/m0/s1. The lowest BCUT2D eigenvalue weighted by atomic mass is 10.00. The molecule has 1 aliphatic heterocycles. The molecule has 3 rings (SSSR count). The molecule has 5 heteroatoms. The van der Waals surface area contributed by atoms with E-state index in [0.717, 1.165) is 37.4 Å². The third-order valence-corrected chi connectivity index (χ3v) is 3.41. The Balaban J connectivity index is 1.84. The van der Waals surface area contributed by atoms with E-state index in [0.29, 0.717) is 16.8 Å². The lowest BCUT2D eigenvalue weighted by Gasteiger charge is -2.18. The topological polar surface area (TPSA) is 51.0 Å². The van der Waals surface area contributed by atoms with E-state index < -0.39 is 0 Å². The van der Waals surface area contributed by atoms with Gasteiger partial charge in [0.1, 0.15) is 0 Å². The van der Waals surface area contributed by atoms with E-state index in [2.05, 4.69) is 15.5 Å². The number of halogens is 1. The Morgan fingerprint density at radius 1 is 1.39 bits per heavy atom. The maximum atomic E-state index is 5.95. The van der Waals surface area contributed by atoms with Crippen molar-refractivity contribution in [2.24, 2.45) is 0 Å². The number of piperidine rings is 1. The molecule has 18 heavy (non-hydrogen) atoms. The van der Waals surface area contributed by atoms with Crippen LogP contribution in [0.1, 0.15) is 24.7 Å². The molecular weight excluding hydrogens is 250 g/mol. The van der Waals surface area contributed by atoms with E-state index in [9.17, 15) is 0 Å². The van der Waals surface area contributed by atoms with Crippen LogP contribution in [0, 0.1) is 0 Å². The Bertz CT molecular complexity index is 535. The van der Waals surface area contributed by atoms with Crippen LogP contribution in [0.15, 0.2) is 28.8 Å². The molecule has 0 aliphatic carbocycles. The van der Waals surface area contributed by atoms with E-state index in [4.69, 9.17) is 16.1 Å². The van der Waals surface area contributed by atoms with Crippen molar-refractivity contribution in [2.45, 2.75) is 18.8 Å². The molecule has 1 aromatic carbocycles. The van der Waals surface area contributed by atoms with Gasteiger partial charge in [-0.15, -0.1) is 0 Å². The Morgan fingerprint density at radius 2 is 2.33 bits per heavy atom. The maximum Gasteiger partial charge on any atom is 0.231 e. The number of nitrogens with one attached hydrogen (secondary N) is 1. The molecule has 2 aromatic rings. The van der Waals surface area contributed by atoms with Gasteiger partial charge in [-0.1, -0.05) is 28.9 Å². The van der Waals surface area contributed by atoms with Gasteiger partial charge in [-0.3, -0.25) is 0 Å². The van der Waals surface area contributed by atoms with E-state index in [1.54, 1.807) is 0 Å². The smallest absolute Gasteiger partial charge is 0.231 e. The molecule has 0 unspecified atom stereocenters. The number of hydrogen-bond donors (Lipinski definition) is 1. The highest BCUT2D eigenvalue weighted by Crippen LogP contribution is 2.25. The van der Waals surface area contributed by atoms with Crippen molar-refractivity contribution >= 4 is 11.6 Å². The summed E-state index contributed by atoms with van der Waals surface area (Å²) >= 11 is 5.95. The molecule has 0 radical (unpaired) electrons. The van der Waals surface area contributed by atoms with E-state index >= 15 is 0 Å².